The predicted molar refractivity (Wildman–Crippen MR) is 98.6 cm³/mol. The van der Waals surface area contributed by atoms with Crippen LogP contribution in [0.2, 0.25) is 0 Å². The number of nitrogens with zero attached hydrogens (tertiary/aromatic N) is 1. The molecule has 1 aromatic carbocycles. The summed E-state index contributed by atoms with van der Waals surface area (Å²) in [4.78, 5) is 23.3. The Morgan fingerprint density at radius 3 is 2.58 bits per heavy atom. The lowest BCUT2D eigenvalue weighted by atomic mass is 9.89. The van der Waals surface area contributed by atoms with Gasteiger partial charge in [-0.2, -0.15) is 0 Å². The van der Waals surface area contributed by atoms with Crippen LogP contribution in [0, 0.1) is 0 Å². The van der Waals surface area contributed by atoms with Crippen molar-refractivity contribution in [2.45, 2.75) is 25.3 Å². The number of benzene rings is 1. The molecule has 7 heteroatoms. The molecule has 1 unspecified atom stereocenters. The largest absolute Gasteiger partial charge is 0.497 e. The highest BCUT2D eigenvalue weighted by molar-refractivity contribution is 5.89. The average Bonchev–Trinajstić information content (AvgIpc) is 3.13. The Morgan fingerprint density at radius 2 is 2.00 bits per heavy atom. The molecule has 0 radical (unpaired) electrons. The Balaban J connectivity index is 0.000000260. The number of aliphatic imine (C=N–C) groups is 1. The second kappa shape index (κ2) is 9.41. The molecule has 1 aliphatic heterocycles. The van der Waals surface area contributed by atoms with E-state index in [4.69, 9.17) is 14.9 Å². The molecule has 7 nitrogen and oxygen atoms in total. The minimum Gasteiger partial charge on any atom is -0.497 e. The number of carboxylic acid groups (broad SMARTS) is 2. The summed E-state index contributed by atoms with van der Waals surface area (Å²) >= 11 is 0. The smallest absolute Gasteiger partial charge is 0.328 e. The number of aliphatic carboxylic acids is 2. The van der Waals surface area contributed by atoms with Crippen LogP contribution in [0.25, 0.3) is 6.08 Å². The third-order valence-electron chi connectivity index (χ3n) is 4.03. The third-order valence-corrected chi connectivity index (χ3v) is 4.03. The first-order valence-electron chi connectivity index (χ1n) is 8.22. The number of nitrogens with one attached hydrogen (secondary N) is 1. The van der Waals surface area contributed by atoms with Gasteiger partial charge in [0.25, 0.3) is 0 Å². The fourth-order valence-electron chi connectivity index (χ4n) is 2.78. The molecule has 0 spiro atoms. The van der Waals surface area contributed by atoms with E-state index < -0.39 is 11.9 Å². The lowest BCUT2D eigenvalue weighted by Crippen LogP contribution is -2.25. The molecule has 0 saturated carbocycles. The fraction of sp³-hybridized carbons (Fsp3) is 0.316. The maximum Gasteiger partial charge on any atom is 0.328 e. The monoisotopic (exact) mass is 358 g/mol. The van der Waals surface area contributed by atoms with Crippen LogP contribution in [0.4, 0.5) is 0 Å². The Kier molecular flexibility index (Phi) is 6.96. The van der Waals surface area contributed by atoms with Crippen molar-refractivity contribution >= 4 is 24.4 Å². The highest BCUT2D eigenvalue weighted by Gasteiger charge is 2.16. The van der Waals surface area contributed by atoms with Crippen molar-refractivity contribution in [2.24, 2.45) is 4.99 Å². The number of aryl methyl sites for hydroxylation is 1. The zero-order valence-corrected chi connectivity index (χ0v) is 14.5. The summed E-state index contributed by atoms with van der Waals surface area (Å²) in [5, 5.41) is 18.9. The van der Waals surface area contributed by atoms with Crippen molar-refractivity contribution in [1.29, 1.82) is 0 Å². The van der Waals surface area contributed by atoms with Gasteiger partial charge in [0, 0.05) is 12.2 Å². The summed E-state index contributed by atoms with van der Waals surface area (Å²) in [6, 6.07) is 6.85. The number of fused-ring (bicyclic) bond motifs is 1. The number of ether oxygens (including phenoxy) is 1. The SMILES string of the molecule is COc1ccc2c(c1)C=C(CC1CN=CN1)CC2.O=C(O)/C=C/C(=O)O. The number of rotatable bonds is 5. The molecule has 0 saturated heterocycles. The average molecular weight is 358 g/mol. The lowest BCUT2D eigenvalue weighted by molar-refractivity contribution is -0.134. The summed E-state index contributed by atoms with van der Waals surface area (Å²) in [5.41, 5.74) is 4.25. The quantitative estimate of drug-likeness (QED) is 0.696. The van der Waals surface area contributed by atoms with Crippen LogP contribution >= 0.6 is 0 Å². The van der Waals surface area contributed by atoms with Gasteiger partial charge in [-0.05, 0) is 42.5 Å². The van der Waals surface area contributed by atoms with E-state index in [1.54, 1.807) is 7.11 Å². The van der Waals surface area contributed by atoms with Gasteiger partial charge < -0.3 is 20.3 Å². The first-order valence-corrected chi connectivity index (χ1v) is 8.22. The molecule has 3 N–H and O–H groups in total. The number of carbonyl (C=O) groups is 2. The molecule has 3 rings (SSSR count). The second-order valence-corrected chi connectivity index (χ2v) is 5.94. The highest BCUT2D eigenvalue weighted by Crippen LogP contribution is 2.29. The van der Waals surface area contributed by atoms with Crippen molar-refractivity contribution in [1.82, 2.24) is 5.32 Å². The molecular formula is C19H22N2O5. The molecule has 1 heterocycles. The summed E-state index contributed by atoms with van der Waals surface area (Å²) < 4.78 is 5.29. The first kappa shape index (κ1) is 19.2. The lowest BCUT2D eigenvalue weighted by Gasteiger charge is -2.19. The van der Waals surface area contributed by atoms with E-state index in [1.807, 2.05) is 12.4 Å². The van der Waals surface area contributed by atoms with Crippen molar-refractivity contribution in [3.8, 4) is 5.75 Å². The summed E-state index contributed by atoms with van der Waals surface area (Å²) in [7, 11) is 1.72. The first-order chi connectivity index (χ1) is 12.5. The summed E-state index contributed by atoms with van der Waals surface area (Å²) in [6.07, 6.45) is 8.66. The molecule has 26 heavy (non-hydrogen) atoms. The normalized spacial score (nSPS) is 17.6. The van der Waals surface area contributed by atoms with Crippen LogP contribution < -0.4 is 10.1 Å². The van der Waals surface area contributed by atoms with Gasteiger partial charge in [0.15, 0.2) is 0 Å². The summed E-state index contributed by atoms with van der Waals surface area (Å²) in [6.45, 7) is 0.905. The molecule has 138 valence electrons. The highest BCUT2D eigenvalue weighted by atomic mass is 16.5. The molecule has 1 aromatic rings. The number of hydrogen-bond acceptors (Lipinski definition) is 5. The van der Waals surface area contributed by atoms with E-state index in [-0.39, 0.29) is 0 Å². The number of carboxylic acids is 2. The zero-order chi connectivity index (χ0) is 18.9. The van der Waals surface area contributed by atoms with E-state index in [0.29, 0.717) is 18.2 Å². The Morgan fingerprint density at radius 1 is 1.27 bits per heavy atom. The maximum absolute atomic E-state index is 9.55. The molecule has 0 bridgehead atoms. The van der Waals surface area contributed by atoms with Gasteiger partial charge in [-0.3, -0.25) is 4.99 Å². The van der Waals surface area contributed by atoms with E-state index in [1.165, 1.54) is 16.7 Å². The number of hydrogen-bond donors (Lipinski definition) is 3. The minimum atomic E-state index is -1.26. The topological polar surface area (TPSA) is 108 Å². The summed E-state index contributed by atoms with van der Waals surface area (Å²) in [5.74, 6) is -1.58. The van der Waals surface area contributed by atoms with Crippen LogP contribution in [0.1, 0.15) is 24.0 Å². The van der Waals surface area contributed by atoms with Crippen molar-refractivity contribution in [2.75, 3.05) is 13.7 Å². The Hall–Kier alpha value is -3.09. The molecule has 1 aliphatic carbocycles. The van der Waals surface area contributed by atoms with Gasteiger partial charge in [-0.25, -0.2) is 9.59 Å². The van der Waals surface area contributed by atoms with Gasteiger partial charge in [-0.15, -0.1) is 0 Å². The molecule has 1 atom stereocenters. The Bertz CT molecular complexity index is 728. The second-order valence-electron chi connectivity index (χ2n) is 5.94. The zero-order valence-electron chi connectivity index (χ0n) is 14.5. The predicted octanol–water partition coefficient (Wildman–Crippen LogP) is 2.13. The van der Waals surface area contributed by atoms with E-state index >= 15 is 0 Å². The molecule has 0 amide bonds. The van der Waals surface area contributed by atoms with Crippen LogP contribution in [0.5, 0.6) is 5.75 Å². The van der Waals surface area contributed by atoms with Crippen LogP contribution in [-0.4, -0.2) is 48.2 Å². The van der Waals surface area contributed by atoms with Crippen LogP contribution in [0.15, 0.2) is 40.9 Å². The molecule has 0 aromatic heterocycles. The minimum absolute atomic E-state index is 0.489. The molecular weight excluding hydrogens is 336 g/mol. The van der Waals surface area contributed by atoms with Crippen LogP contribution in [-0.2, 0) is 16.0 Å². The van der Waals surface area contributed by atoms with Crippen molar-refractivity contribution < 1.29 is 24.5 Å². The molecule has 0 fully saturated rings. The van der Waals surface area contributed by atoms with E-state index in [9.17, 15) is 9.59 Å². The van der Waals surface area contributed by atoms with Gasteiger partial charge in [0.1, 0.15) is 5.75 Å². The third kappa shape index (κ3) is 6.08. The van der Waals surface area contributed by atoms with E-state index in [0.717, 1.165) is 31.6 Å². The Labute approximate surface area is 151 Å². The van der Waals surface area contributed by atoms with Crippen molar-refractivity contribution in [3.63, 3.8) is 0 Å². The van der Waals surface area contributed by atoms with Crippen molar-refractivity contribution in [3.05, 3.63) is 47.1 Å². The van der Waals surface area contributed by atoms with Gasteiger partial charge >= 0.3 is 11.9 Å². The van der Waals surface area contributed by atoms with Crippen LogP contribution in [0.3, 0.4) is 0 Å². The standard InChI is InChI=1S/C15H18N2O.C4H4O4/c1-18-15-5-4-12-3-2-11(6-13(12)8-15)7-14-9-16-10-17-14;5-3(6)1-2-4(7)8/h4-6,8,10,14H,2-3,7,9H2,1H3,(H,16,17);1-2H,(H,5,6)(H,7,8)/b;2-1+. The van der Waals surface area contributed by atoms with Gasteiger partial charge in [0.2, 0.25) is 0 Å². The van der Waals surface area contributed by atoms with Gasteiger partial charge in [0.05, 0.1) is 26.0 Å². The maximum atomic E-state index is 9.55. The molecule has 2 aliphatic rings. The van der Waals surface area contributed by atoms with E-state index in [2.05, 4.69) is 28.5 Å². The number of methoxy groups -OCH3 is 1. The van der Waals surface area contributed by atoms with Gasteiger partial charge in [-0.1, -0.05) is 17.7 Å². The fourth-order valence-corrected chi connectivity index (χ4v) is 2.78.